The van der Waals surface area contributed by atoms with Crippen LogP contribution in [0.25, 0.3) is 0 Å². The average Bonchev–Trinajstić information content (AvgIpc) is 2.15. The number of pyridine rings is 1. The van der Waals surface area contributed by atoms with Crippen LogP contribution >= 0.6 is 12.6 Å². The van der Waals surface area contributed by atoms with E-state index in [-0.39, 0.29) is 11.3 Å². The molecular weight excluding hydrogens is 212 g/mol. The minimum Gasteiger partial charge on any atom is -0.389 e. The van der Waals surface area contributed by atoms with E-state index in [9.17, 15) is 13.9 Å². The zero-order chi connectivity index (χ0) is 10.7. The van der Waals surface area contributed by atoms with Gasteiger partial charge in [0.1, 0.15) is 6.10 Å². The van der Waals surface area contributed by atoms with Gasteiger partial charge < -0.3 is 10.2 Å². The second kappa shape index (κ2) is 4.68. The molecule has 2 N–H and O–H groups in total. The molecule has 1 aromatic rings. The normalized spacial score (nSPS) is 15.2. The van der Waals surface area contributed by atoms with E-state index in [1.807, 2.05) is 0 Å². The Morgan fingerprint density at radius 3 is 2.50 bits per heavy atom. The maximum absolute atomic E-state index is 13.0. The summed E-state index contributed by atoms with van der Waals surface area (Å²) in [6.45, 7) is 0. The van der Waals surface area contributed by atoms with Gasteiger partial charge >= 0.3 is 0 Å². The Hall–Kier alpha value is -0.720. The molecule has 3 nitrogen and oxygen atoms in total. The van der Waals surface area contributed by atoms with E-state index in [0.29, 0.717) is 0 Å². The summed E-state index contributed by atoms with van der Waals surface area (Å²) in [6.07, 6.45) is -2.65. The zero-order valence-electron chi connectivity index (χ0n) is 7.06. The first-order valence-electron chi connectivity index (χ1n) is 3.85. The summed E-state index contributed by atoms with van der Waals surface area (Å²) in [5.74, 6) is -2.13. The van der Waals surface area contributed by atoms with E-state index >= 15 is 0 Å². The molecule has 0 aliphatic rings. The molecule has 0 radical (unpaired) electrons. The number of aromatic nitrogens is 1. The molecule has 1 heterocycles. The number of aliphatic hydroxyl groups excluding tert-OH is 2. The topological polar surface area (TPSA) is 53.4 Å². The van der Waals surface area contributed by atoms with Crippen molar-refractivity contribution in [2.24, 2.45) is 0 Å². The Morgan fingerprint density at radius 2 is 2.00 bits per heavy atom. The van der Waals surface area contributed by atoms with Crippen LogP contribution < -0.4 is 0 Å². The van der Waals surface area contributed by atoms with E-state index < -0.39 is 24.1 Å². The van der Waals surface area contributed by atoms with Gasteiger partial charge in [0.25, 0.3) is 0 Å². The second-order valence-electron chi connectivity index (χ2n) is 2.71. The largest absolute Gasteiger partial charge is 0.389 e. The monoisotopic (exact) mass is 221 g/mol. The molecule has 0 saturated carbocycles. The summed E-state index contributed by atoms with van der Waals surface area (Å²) in [5.41, 5.74) is -0.243. The van der Waals surface area contributed by atoms with Crippen LogP contribution in [0.3, 0.4) is 0 Å². The molecule has 2 atom stereocenters. The number of halogens is 2. The van der Waals surface area contributed by atoms with Crippen LogP contribution in [0.15, 0.2) is 12.1 Å². The quantitative estimate of drug-likeness (QED) is 0.520. The molecule has 1 aromatic heterocycles. The summed E-state index contributed by atoms with van der Waals surface area (Å²) in [6, 6.07) is 1.95. The van der Waals surface area contributed by atoms with Gasteiger partial charge in [-0.2, -0.15) is 26.4 Å². The van der Waals surface area contributed by atoms with Crippen molar-refractivity contribution < 1.29 is 19.0 Å². The average molecular weight is 221 g/mol. The van der Waals surface area contributed by atoms with Gasteiger partial charge in [0, 0.05) is 11.3 Å². The number of aliphatic hydroxyl groups is 2. The van der Waals surface area contributed by atoms with Gasteiger partial charge in [-0.25, -0.2) is 0 Å². The number of rotatable bonds is 3. The van der Waals surface area contributed by atoms with Crippen molar-refractivity contribution in [2.75, 3.05) is 5.75 Å². The highest BCUT2D eigenvalue weighted by atomic mass is 32.1. The van der Waals surface area contributed by atoms with Gasteiger partial charge in [0.15, 0.2) is 0 Å². The molecule has 0 fully saturated rings. The fraction of sp³-hybridized carbons (Fsp3) is 0.375. The summed E-state index contributed by atoms with van der Waals surface area (Å²) in [5, 5.41) is 18.5. The molecule has 0 aliphatic heterocycles. The van der Waals surface area contributed by atoms with Crippen molar-refractivity contribution in [1.29, 1.82) is 0 Å². The lowest BCUT2D eigenvalue weighted by atomic mass is 10.1. The fourth-order valence-corrected chi connectivity index (χ4v) is 1.15. The van der Waals surface area contributed by atoms with Crippen molar-refractivity contribution in [1.82, 2.24) is 4.98 Å². The molecule has 0 aliphatic carbocycles. The third-order valence-electron chi connectivity index (χ3n) is 1.71. The van der Waals surface area contributed by atoms with Crippen LogP contribution in [0.2, 0.25) is 0 Å². The summed E-state index contributed by atoms with van der Waals surface area (Å²) < 4.78 is 25.3. The Bertz CT molecular complexity index is 324. The van der Waals surface area contributed by atoms with E-state index in [0.717, 1.165) is 12.1 Å². The summed E-state index contributed by atoms with van der Waals surface area (Å²) in [4.78, 5) is 2.88. The molecule has 0 aromatic carbocycles. The van der Waals surface area contributed by atoms with Crippen LogP contribution in [0.1, 0.15) is 11.7 Å². The number of hydrogen-bond acceptors (Lipinski definition) is 4. The molecule has 0 amide bonds. The zero-order valence-corrected chi connectivity index (χ0v) is 7.96. The van der Waals surface area contributed by atoms with E-state index in [4.69, 9.17) is 5.11 Å². The molecule has 0 spiro atoms. The summed E-state index contributed by atoms with van der Waals surface area (Å²) >= 11 is 3.73. The standard InChI is InChI=1S/C8H9F2NO2S/c9-6-2-1-4(8(10)11-6)7(13)5(12)3-14/h1-2,5,7,12-14H,3H2. The maximum atomic E-state index is 13.0. The van der Waals surface area contributed by atoms with Gasteiger partial charge in [-0.15, -0.1) is 0 Å². The Kier molecular flexibility index (Phi) is 3.79. The molecule has 14 heavy (non-hydrogen) atoms. The predicted octanol–water partition coefficient (Wildman–Crippen LogP) is 0.684. The third kappa shape index (κ3) is 2.40. The molecule has 2 unspecified atom stereocenters. The first kappa shape index (κ1) is 11.4. The lowest BCUT2D eigenvalue weighted by Gasteiger charge is -2.15. The van der Waals surface area contributed by atoms with E-state index in [1.165, 1.54) is 0 Å². The van der Waals surface area contributed by atoms with Crippen LogP contribution in [0, 0.1) is 11.9 Å². The molecule has 0 bridgehead atoms. The lowest BCUT2D eigenvalue weighted by Crippen LogP contribution is -2.21. The van der Waals surface area contributed by atoms with Crippen LogP contribution in [-0.2, 0) is 0 Å². The van der Waals surface area contributed by atoms with Gasteiger partial charge in [0.05, 0.1) is 6.10 Å². The van der Waals surface area contributed by atoms with E-state index in [2.05, 4.69) is 17.6 Å². The van der Waals surface area contributed by atoms with Crippen molar-refractivity contribution in [3.8, 4) is 0 Å². The maximum Gasteiger partial charge on any atom is 0.221 e. The third-order valence-corrected chi connectivity index (χ3v) is 2.09. The smallest absolute Gasteiger partial charge is 0.221 e. The first-order valence-corrected chi connectivity index (χ1v) is 4.48. The highest BCUT2D eigenvalue weighted by Crippen LogP contribution is 2.19. The van der Waals surface area contributed by atoms with Crippen molar-refractivity contribution >= 4 is 12.6 Å². The molecule has 0 saturated heterocycles. The minimum absolute atomic E-state index is 0.0298. The first-order chi connectivity index (χ1) is 6.56. The minimum atomic E-state index is -1.44. The highest BCUT2D eigenvalue weighted by molar-refractivity contribution is 7.80. The Morgan fingerprint density at radius 1 is 1.36 bits per heavy atom. The Labute approximate surface area is 84.8 Å². The van der Waals surface area contributed by atoms with Crippen LogP contribution in [0.5, 0.6) is 0 Å². The lowest BCUT2D eigenvalue weighted by molar-refractivity contribution is 0.0308. The molecule has 6 heteroatoms. The van der Waals surface area contributed by atoms with E-state index in [1.54, 1.807) is 0 Å². The number of nitrogens with zero attached hydrogens (tertiary/aromatic N) is 1. The SMILES string of the molecule is OC(CS)C(O)c1ccc(F)nc1F. The van der Waals surface area contributed by atoms with Crippen molar-refractivity contribution in [3.63, 3.8) is 0 Å². The highest BCUT2D eigenvalue weighted by Gasteiger charge is 2.21. The van der Waals surface area contributed by atoms with Gasteiger partial charge in [-0.3, -0.25) is 0 Å². The van der Waals surface area contributed by atoms with Crippen molar-refractivity contribution in [3.05, 3.63) is 29.6 Å². The number of thiol groups is 1. The number of hydrogen-bond donors (Lipinski definition) is 3. The Balaban J connectivity index is 2.95. The van der Waals surface area contributed by atoms with Gasteiger partial charge in [-0.05, 0) is 12.1 Å². The second-order valence-corrected chi connectivity index (χ2v) is 3.07. The molecular formula is C8H9F2NO2S. The van der Waals surface area contributed by atoms with Gasteiger partial charge in [0.2, 0.25) is 11.9 Å². The fourth-order valence-electron chi connectivity index (χ4n) is 0.951. The van der Waals surface area contributed by atoms with Gasteiger partial charge in [-0.1, -0.05) is 0 Å². The summed E-state index contributed by atoms with van der Waals surface area (Å²) in [7, 11) is 0. The molecule has 1 rings (SSSR count). The molecule has 78 valence electrons. The van der Waals surface area contributed by atoms with Crippen LogP contribution in [-0.4, -0.2) is 27.1 Å². The van der Waals surface area contributed by atoms with Crippen molar-refractivity contribution in [2.45, 2.75) is 12.2 Å². The van der Waals surface area contributed by atoms with Crippen LogP contribution in [0.4, 0.5) is 8.78 Å². The predicted molar refractivity (Wildman–Crippen MR) is 49.0 cm³/mol.